The molecule has 2 fully saturated rings. The Labute approximate surface area is 433 Å². The van der Waals surface area contributed by atoms with Gasteiger partial charge in [-0.1, -0.05) is 133 Å². The van der Waals surface area contributed by atoms with Gasteiger partial charge in [0.05, 0.1) is 15.4 Å². The maximum atomic E-state index is 14.4. The van der Waals surface area contributed by atoms with Gasteiger partial charge in [-0.2, -0.15) is 13.2 Å². The van der Waals surface area contributed by atoms with Crippen LogP contribution in [-0.2, 0) is 56.5 Å². The van der Waals surface area contributed by atoms with Crippen LogP contribution in [0.1, 0.15) is 38.9 Å². The molecule has 2 amide bonds. The van der Waals surface area contributed by atoms with Crippen LogP contribution in [0, 0.1) is 11.6 Å². The first-order chi connectivity index (χ1) is 35.1. The van der Waals surface area contributed by atoms with Crippen molar-refractivity contribution in [2.75, 3.05) is 13.1 Å². The molecule has 6 aromatic rings. The lowest BCUT2D eigenvalue weighted by molar-refractivity contribution is -0.161. The zero-order valence-corrected chi connectivity index (χ0v) is 41.0. The standard InChI is InChI=1S/C53H37F5N2O9S4/c54-39-17-16-37(40(55)25-39)31-68-42-19-15-35(22-44(42)67-29-33-10-5-2-6-11-33)24-46-50(64)60(52(71)73-46)27-48(62)69-47(61)26-59-49(63)45(72-51(59)70)23-34-14-18-41(43(21-34)66-28-32-8-3-1-4-9-32)65-30-36-12-7-13-38(20-36)53(56,57)58/h1-25H,26-31H2. The Bertz CT molecular complexity index is 3170. The van der Waals surface area contributed by atoms with Crippen molar-refractivity contribution in [3.8, 4) is 23.0 Å². The Hall–Kier alpha value is -7.39. The summed E-state index contributed by atoms with van der Waals surface area (Å²) in [5.41, 5.74) is 2.19. The number of esters is 2. The number of carbonyl (C=O) groups is 4. The molecular formula is C53H37F5N2O9S4. The third-order valence-electron chi connectivity index (χ3n) is 10.6. The summed E-state index contributed by atoms with van der Waals surface area (Å²) < 4.78 is 96.9. The minimum atomic E-state index is -4.53. The van der Waals surface area contributed by atoms with Crippen LogP contribution < -0.4 is 18.9 Å². The van der Waals surface area contributed by atoms with E-state index in [-0.39, 0.29) is 79.0 Å². The molecule has 0 aromatic heterocycles. The van der Waals surface area contributed by atoms with Crippen LogP contribution in [0.25, 0.3) is 12.2 Å². The first-order valence-corrected chi connectivity index (χ1v) is 24.2. The molecule has 8 rings (SSSR count). The van der Waals surface area contributed by atoms with Crippen LogP contribution in [0.5, 0.6) is 23.0 Å². The number of halogens is 5. The molecule has 0 unspecified atom stereocenters. The summed E-state index contributed by atoms with van der Waals surface area (Å²) in [7, 11) is 0. The van der Waals surface area contributed by atoms with Gasteiger partial charge >= 0.3 is 18.1 Å². The number of nitrogens with zero attached hydrogens (tertiary/aromatic N) is 2. The van der Waals surface area contributed by atoms with E-state index in [1.807, 2.05) is 60.7 Å². The average molecular weight is 1070 g/mol. The van der Waals surface area contributed by atoms with E-state index in [4.69, 9.17) is 48.1 Å². The fourth-order valence-electron chi connectivity index (χ4n) is 6.98. The second-order valence-electron chi connectivity index (χ2n) is 15.9. The SMILES string of the molecule is O=C(CN1C(=O)C(=Cc2ccc(OCc3cccc(C(F)(F)F)c3)c(OCc3ccccc3)c2)SC1=S)OC(=O)CN1C(=O)C(=Cc2ccc(OCc3ccc(F)cc3F)c(OCc3ccccc3)c2)SC1=S. The van der Waals surface area contributed by atoms with Crippen LogP contribution in [0.2, 0.25) is 0 Å². The number of hydrogen-bond donors (Lipinski definition) is 0. The molecule has 0 saturated carbocycles. The number of alkyl halides is 3. The van der Waals surface area contributed by atoms with Crippen molar-refractivity contribution in [3.63, 3.8) is 0 Å². The lowest BCUT2D eigenvalue weighted by Gasteiger charge is -2.15. The number of hydrogen-bond acceptors (Lipinski definition) is 13. The topological polar surface area (TPSA) is 121 Å². The molecule has 20 heteroatoms. The van der Waals surface area contributed by atoms with Crippen LogP contribution in [0.4, 0.5) is 22.0 Å². The Kier molecular flexibility index (Phi) is 16.7. The summed E-state index contributed by atoms with van der Waals surface area (Å²) in [6, 6.07) is 35.9. The van der Waals surface area contributed by atoms with Gasteiger partial charge in [-0.15, -0.1) is 0 Å². The predicted molar refractivity (Wildman–Crippen MR) is 272 cm³/mol. The molecule has 0 radical (unpaired) electrons. The summed E-state index contributed by atoms with van der Waals surface area (Å²) in [6.45, 7) is -1.63. The Morgan fingerprint density at radius 3 is 1.49 bits per heavy atom. The molecule has 2 aliphatic heterocycles. The molecule has 73 heavy (non-hydrogen) atoms. The molecule has 0 atom stereocenters. The van der Waals surface area contributed by atoms with Crippen LogP contribution in [-0.4, -0.2) is 55.3 Å². The lowest BCUT2D eigenvalue weighted by atomic mass is 10.1. The van der Waals surface area contributed by atoms with Crippen molar-refractivity contribution in [2.24, 2.45) is 0 Å². The fraction of sp³-hybridized carbons (Fsp3) is 0.132. The minimum Gasteiger partial charge on any atom is -0.485 e. The van der Waals surface area contributed by atoms with Gasteiger partial charge < -0.3 is 23.7 Å². The highest BCUT2D eigenvalue weighted by Gasteiger charge is 2.37. The first kappa shape index (κ1) is 51.9. The van der Waals surface area contributed by atoms with E-state index >= 15 is 0 Å². The van der Waals surface area contributed by atoms with E-state index in [9.17, 15) is 41.1 Å². The quantitative estimate of drug-likeness (QED) is 0.0267. The number of benzene rings is 6. The Balaban J connectivity index is 0.890. The van der Waals surface area contributed by atoms with Crippen LogP contribution >= 0.6 is 48.0 Å². The molecule has 0 N–H and O–H groups in total. The molecule has 11 nitrogen and oxygen atoms in total. The van der Waals surface area contributed by atoms with E-state index < -0.39 is 60.2 Å². The van der Waals surface area contributed by atoms with Gasteiger partial charge in [0.1, 0.15) is 59.8 Å². The number of carbonyl (C=O) groups excluding carboxylic acids is 4. The van der Waals surface area contributed by atoms with E-state index in [0.29, 0.717) is 11.1 Å². The Morgan fingerprint density at radius 1 is 0.534 bits per heavy atom. The van der Waals surface area contributed by atoms with E-state index in [0.717, 1.165) is 68.7 Å². The van der Waals surface area contributed by atoms with E-state index in [2.05, 4.69) is 0 Å². The monoisotopic (exact) mass is 1070 g/mol. The zero-order valence-electron chi connectivity index (χ0n) is 37.8. The van der Waals surface area contributed by atoms with Crippen LogP contribution in [0.3, 0.4) is 0 Å². The third-order valence-corrected chi connectivity index (χ3v) is 13.4. The second-order valence-corrected chi connectivity index (χ2v) is 19.2. The van der Waals surface area contributed by atoms with E-state index in [1.165, 1.54) is 30.4 Å². The van der Waals surface area contributed by atoms with Gasteiger partial charge in [0, 0.05) is 11.6 Å². The Morgan fingerprint density at radius 2 is 1.00 bits per heavy atom. The largest absolute Gasteiger partial charge is 0.485 e. The molecular weight excluding hydrogens is 1030 g/mol. The summed E-state index contributed by atoms with van der Waals surface area (Å²) in [4.78, 5) is 55.4. The smallest absolute Gasteiger partial charge is 0.416 e. The van der Waals surface area contributed by atoms with Crippen molar-refractivity contribution in [3.05, 3.63) is 200 Å². The lowest BCUT2D eigenvalue weighted by Crippen LogP contribution is -2.38. The van der Waals surface area contributed by atoms with Gasteiger partial charge in [-0.3, -0.25) is 19.4 Å². The summed E-state index contributed by atoms with van der Waals surface area (Å²) >= 11 is 12.6. The highest BCUT2D eigenvalue weighted by Crippen LogP contribution is 2.38. The second kappa shape index (κ2) is 23.4. The zero-order chi connectivity index (χ0) is 51.6. The molecule has 2 heterocycles. The van der Waals surface area contributed by atoms with Gasteiger partial charge in [-0.25, -0.2) is 18.4 Å². The fourth-order valence-corrected chi connectivity index (χ4v) is 9.49. The molecule has 372 valence electrons. The molecule has 0 spiro atoms. The highest BCUT2D eigenvalue weighted by molar-refractivity contribution is 8.27. The predicted octanol–water partition coefficient (Wildman–Crippen LogP) is 11.5. The minimum absolute atomic E-state index is 0.000637. The normalized spacial score (nSPS) is 14.8. The highest BCUT2D eigenvalue weighted by atomic mass is 32.2. The number of thiocarbonyl (C=S) groups is 2. The van der Waals surface area contributed by atoms with Crippen molar-refractivity contribution < 1.29 is 64.8 Å². The summed E-state index contributed by atoms with van der Waals surface area (Å²) in [5.74, 6) is -4.11. The maximum absolute atomic E-state index is 14.4. The molecule has 0 aliphatic carbocycles. The van der Waals surface area contributed by atoms with Crippen molar-refractivity contribution >= 4 is 92.5 Å². The first-order valence-electron chi connectivity index (χ1n) is 21.8. The number of ether oxygens (including phenoxy) is 5. The number of rotatable bonds is 18. The maximum Gasteiger partial charge on any atom is 0.416 e. The average Bonchev–Trinajstić information content (AvgIpc) is 3.78. The molecule has 6 aromatic carbocycles. The van der Waals surface area contributed by atoms with Gasteiger partial charge in [-0.05, 0) is 88.5 Å². The van der Waals surface area contributed by atoms with Gasteiger partial charge in [0.2, 0.25) is 0 Å². The van der Waals surface area contributed by atoms with Gasteiger partial charge in [0.15, 0.2) is 23.0 Å². The molecule has 2 saturated heterocycles. The van der Waals surface area contributed by atoms with Crippen molar-refractivity contribution in [1.82, 2.24) is 9.80 Å². The summed E-state index contributed by atoms with van der Waals surface area (Å²) in [5, 5.41) is 0. The molecule has 2 aliphatic rings. The van der Waals surface area contributed by atoms with Crippen molar-refractivity contribution in [2.45, 2.75) is 32.6 Å². The van der Waals surface area contributed by atoms with E-state index in [1.54, 1.807) is 36.4 Å². The van der Waals surface area contributed by atoms with Gasteiger partial charge in [0.25, 0.3) is 11.8 Å². The summed E-state index contributed by atoms with van der Waals surface area (Å²) in [6.07, 6.45) is -1.51. The third kappa shape index (κ3) is 13.8. The van der Waals surface area contributed by atoms with Crippen molar-refractivity contribution in [1.29, 1.82) is 0 Å². The van der Waals surface area contributed by atoms with Crippen LogP contribution in [0.15, 0.2) is 149 Å². The molecule has 0 bridgehead atoms. The number of thioether (sulfide) groups is 2. The number of amides is 2.